The van der Waals surface area contributed by atoms with Crippen molar-refractivity contribution in [3.63, 3.8) is 0 Å². The molecule has 1 fully saturated rings. The zero-order valence-corrected chi connectivity index (χ0v) is 16.0. The zero-order valence-electron chi connectivity index (χ0n) is 12.8. The van der Waals surface area contributed by atoms with E-state index >= 15 is 0 Å². The molecule has 0 aliphatic carbocycles. The molecule has 0 spiro atoms. The second-order valence-corrected chi connectivity index (χ2v) is 10.1. The number of carbonyl (C=O) groups is 2. The van der Waals surface area contributed by atoms with E-state index in [1.165, 1.54) is 6.92 Å². The first-order valence-corrected chi connectivity index (χ1v) is 10.6. The molecule has 142 valence electrons. The van der Waals surface area contributed by atoms with E-state index in [0.717, 1.165) is 40.2 Å². The molecule has 2 N–H and O–H groups in total. The topological polar surface area (TPSA) is 104 Å². The Morgan fingerprint density at radius 2 is 2.08 bits per heavy atom. The highest BCUT2D eigenvalue weighted by Crippen LogP contribution is 2.54. The number of aromatic nitrogens is 2. The molecule has 7 nitrogen and oxygen atoms in total. The number of carboxylic acids is 1. The molecule has 2 aliphatic rings. The van der Waals surface area contributed by atoms with Crippen molar-refractivity contribution in [2.24, 2.45) is 5.92 Å². The number of nitrogens with zero attached hydrogens (tertiary/aromatic N) is 3. The Kier molecular flexibility index (Phi) is 5.50. The molecule has 0 radical (unpaired) electrons. The van der Waals surface area contributed by atoms with E-state index in [1.807, 2.05) is 0 Å². The standard InChI is InChI=1S/C12H10F3N3O4S4/c1-3(19)4-6(20)18-5(8(21)22)9(25-7(4)18)23-2-24-11-17-16-10(26-11)12(13,14)15/h3-4,7,19H,2H2,1H3,(H,21,22)/t3-,4+,7-/m1/s1. The molecule has 1 aromatic rings. The zero-order chi connectivity index (χ0) is 19.2. The van der Waals surface area contributed by atoms with Crippen LogP contribution in [0.5, 0.6) is 0 Å². The first-order chi connectivity index (χ1) is 12.1. The summed E-state index contributed by atoms with van der Waals surface area (Å²) in [4.78, 5) is 24.7. The van der Waals surface area contributed by atoms with Gasteiger partial charge >= 0.3 is 12.1 Å². The Hall–Kier alpha value is -0.960. The van der Waals surface area contributed by atoms with Crippen LogP contribution in [0.15, 0.2) is 14.3 Å². The first kappa shape index (κ1) is 19.8. The van der Waals surface area contributed by atoms with Crippen LogP contribution in [0, 0.1) is 5.92 Å². The van der Waals surface area contributed by atoms with Crippen LogP contribution in [0.2, 0.25) is 0 Å². The number of alkyl halides is 3. The Bertz CT molecular complexity index is 782. The fourth-order valence-electron chi connectivity index (χ4n) is 2.37. The SMILES string of the molecule is C[C@@H](O)[C@H]1C(=O)N2C(C(=O)O)=C(SCSc3nnc(C(F)(F)F)s3)S[C@H]12. The van der Waals surface area contributed by atoms with Crippen LogP contribution in [0.1, 0.15) is 11.9 Å². The molecule has 1 amide bonds. The second-order valence-electron chi connectivity index (χ2n) is 5.20. The van der Waals surface area contributed by atoms with Crippen LogP contribution in [0.4, 0.5) is 13.2 Å². The number of hydrogen-bond donors (Lipinski definition) is 2. The summed E-state index contributed by atoms with van der Waals surface area (Å²) in [6, 6.07) is 0. The number of amides is 1. The number of thioether (sulfide) groups is 3. The molecule has 14 heteroatoms. The van der Waals surface area contributed by atoms with Crippen molar-refractivity contribution < 1.29 is 33.0 Å². The van der Waals surface area contributed by atoms with Gasteiger partial charge in [0, 0.05) is 0 Å². The van der Waals surface area contributed by atoms with E-state index in [1.54, 1.807) is 0 Å². The van der Waals surface area contributed by atoms with Gasteiger partial charge in [0.15, 0.2) is 10.0 Å². The van der Waals surface area contributed by atoms with E-state index in [2.05, 4.69) is 10.2 Å². The van der Waals surface area contributed by atoms with E-state index in [4.69, 9.17) is 0 Å². The van der Waals surface area contributed by atoms with Gasteiger partial charge in [0.25, 0.3) is 0 Å². The molecule has 26 heavy (non-hydrogen) atoms. The predicted molar refractivity (Wildman–Crippen MR) is 91.3 cm³/mol. The molecule has 3 atom stereocenters. The van der Waals surface area contributed by atoms with Crippen LogP contribution in [-0.2, 0) is 15.8 Å². The summed E-state index contributed by atoms with van der Waals surface area (Å²) < 4.78 is 38.0. The minimum atomic E-state index is -4.55. The summed E-state index contributed by atoms with van der Waals surface area (Å²) in [6.45, 7) is 1.47. The molecule has 0 saturated carbocycles. The third-order valence-corrected chi connectivity index (χ3v) is 8.38. The monoisotopic (exact) mass is 445 g/mol. The van der Waals surface area contributed by atoms with E-state index in [9.17, 15) is 33.0 Å². The minimum absolute atomic E-state index is 0.117. The summed E-state index contributed by atoms with van der Waals surface area (Å²) in [6.07, 6.45) is -5.44. The lowest BCUT2D eigenvalue weighted by molar-refractivity contribution is -0.156. The fraction of sp³-hybridized carbons (Fsp3) is 0.500. The van der Waals surface area contributed by atoms with Gasteiger partial charge in [0.05, 0.1) is 21.3 Å². The molecule has 2 aliphatic heterocycles. The minimum Gasteiger partial charge on any atom is -0.477 e. The number of aliphatic hydroxyl groups is 1. The number of rotatable bonds is 6. The molecule has 3 heterocycles. The molecular formula is C12H10F3N3O4S4. The van der Waals surface area contributed by atoms with Crippen molar-refractivity contribution in [2.75, 3.05) is 5.08 Å². The Balaban J connectivity index is 1.65. The van der Waals surface area contributed by atoms with Gasteiger partial charge in [-0.2, -0.15) is 13.2 Å². The number of fused-ring (bicyclic) bond motifs is 1. The maximum absolute atomic E-state index is 12.5. The average Bonchev–Trinajstić information content (AvgIpc) is 3.09. The van der Waals surface area contributed by atoms with Gasteiger partial charge in [0.2, 0.25) is 10.9 Å². The fourth-order valence-corrected chi connectivity index (χ4v) is 7.53. The van der Waals surface area contributed by atoms with Gasteiger partial charge in [-0.25, -0.2) is 4.79 Å². The third-order valence-electron chi connectivity index (χ3n) is 3.49. The summed E-state index contributed by atoms with van der Waals surface area (Å²) in [7, 11) is 0. The largest absolute Gasteiger partial charge is 0.477 e. The van der Waals surface area contributed by atoms with Gasteiger partial charge < -0.3 is 10.2 Å². The Morgan fingerprint density at radius 1 is 1.38 bits per heavy atom. The van der Waals surface area contributed by atoms with E-state index < -0.39 is 40.5 Å². The Labute approximate surface area is 161 Å². The van der Waals surface area contributed by atoms with Gasteiger partial charge in [-0.15, -0.1) is 22.0 Å². The highest BCUT2D eigenvalue weighted by atomic mass is 32.2. The highest BCUT2D eigenvalue weighted by molar-refractivity contribution is 8.28. The van der Waals surface area contributed by atoms with Crippen molar-refractivity contribution >= 4 is 58.5 Å². The van der Waals surface area contributed by atoms with Crippen LogP contribution < -0.4 is 0 Å². The second kappa shape index (κ2) is 7.22. The quantitative estimate of drug-likeness (QED) is 0.388. The van der Waals surface area contributed by atoms with Crippen molar-refractivity contribution in [3.05, 3.63) is 14.9 Å². The summed E-state index contributed by atoms with van der Waals surface area (Å²) in [5, 5.41) is 24.2. The lowest BCUT2D eigenvalue weighted by Gasteiger charge is -2.43. The molecule has 0 unspecified atom stereocenters. The molecule has 1 saturated heterocycles. The van der Waals surface area contributed by atoms with Crippen LogP contribution in [0.25, 0.3) is 0 Å². The highest BCUT2D eigenvalue weighted by Gasteiger charge is 2.57. The van der Waals surface area contributed by atoms with Gasteiger partial charge in [-0.1, -0.05) is 34.9 Å². The van der Waals surface area contributed by atoms with Crippen LogP contribution in [-0.4, -0.2) is 53.7 Å². The number of β-lactam (4-membered cyclic amide) rings is 1. The van der Waals surface area contributed by atoms with Crippen LogP contribution >= 0.6 is 46.6 Å². The van der Waals surface area contributed by atoms with Gasteiger partial charge in [-0.05, 0) is 6.92 Å². The lowest BCUT2D eigenvalue weighted by atomic mass is 9.92. The predicted octanol–water partition coefficient (Wildman–Crippen LogP) is 2.51. The first-order valence-electron chi connectivity index (χ1n) is 6.93. The molecule has 0 aromatic carbocycles. The number of aliphatic hydroxyl groups excluding tert-OH is 1. The number of aliphatic carboxylic acids is 1. The van der Waals surface area contributed by atoms with E-state index in [-0.39, 0.29) is 15.1 Å². The average molecular weight is 445 g/mol. The maximum Gasteiger partial charge on any atom is 0.445 e. The number of carbonyl (C=O) groups excluding carboxylic acids is 1. The van der Waals surface area contributed by atoms with Crippen molar-refractivity contribution in [1.29, 1.82) is 0 Å². The van der Waals surface area contributed by atoms with E-state index in [0.29, 0.717) is 15.6 Å². The summed E-state index contributed by atoms with van der Waals surface area (Å²) in [5.74, 6) is -2.38. The molecule has 0 bridgehead atoms. The summed E-state index contributed by atoms with van der Waals surface area (Å²) >= 11 is 3.68. The number of carboxylic acid groups (broad SMARTS) is 1. The third kappa shape index (κ3) is 3.56. The lowest BCUT2D eigenvalue weighted by Crippen LogP contribution is -2.60. The van der Waals surface area contributed by atoms with Crippen molar-refractivity contribution in [2.45, 2.75) is 28.9 Å². The molecule has 1 aromatic heterocycles. The number of hydrogen-bond acceptors (Lipinski definition) is 9. The van der Waals surface area contributed by atoms with Crippen molar-refractivity contribution in [1.82, 2.24) is 15.1 Å². The molecule has 3 rings (SSSR count). The van der Waals surface area contributed by atoms with Gasteiger partial charge in [-0.3, -0.25) is 9.69 Å². The number of halogens is 3. The van der Waals surface area contributed by atoms with Gasteiger partial charge in [0.1, 0.15) is 5.37 Å². The Morgan fingerprint density at radius 3 is 2.62 bits per heavy atom. The maximum atomic E-state index is 12.5. The smallest absolute Gasteiger partial charge is 0.445 e. The molecular weight excluding hydrogens is 435 g/mol. The van der Waals surface area contributed by atoms with Crippen molar-refractivity contribution in [3.8, 4) is 0 Å². The normalized spacial score (nSPS) is 23.9. The van der Waals surface area contributed by atoms with Crippen LogP contribution in [0.3, 0.4) is 0 Å². The summed E-state index contributed by atoms with van der Waals surface area (Å²) in [5.41, 5.74) is -0.152.